The number of amides is 1. The van der Waals surface area contributed by atoms with E-state index in [2.05, 4.69) is 5.32 Å². The number of carbonyl (C=O) groups excluding carboxylic acids is 1. The zero-order valence-corrected chi connectivity index (χ0v) is 14.7. The predicted octanol–water partition coefficient (Wildman–Crippen LogP) is 3.63. The number of ether oxygens (including phenoxy) is 2. The second-order valence-corrected chi connectivity index (χ2v) is 6.45. The van der Waals surface area contributed by atoms with Crippen LogP contribution in [0.3, 0.4) is 0 Å². The Bertz CT molecular complexity index is 936. The molecule has 0 unspecified atom stereocenters. The van der Waals surface area contributed by atoms with Gasteiger partial charge in [-0.1, -0.05) is 0 Å². The average Bonchev–Trinajstić information content (AvgIpc) is 3.09. The highest BCUT2D eigenvalue weighted by atomic mass is 32.1. The number of carbonyl (C=O) groups is 1. The van der Waals surface area contributed by atoms with Gasteiger partial charge < -0.3 is 14.8 Å². The van der Waals surface area contributed by atoms with Gasteiger partial charge in [-0.25, -0.2) is 0 Å². The van der Waals surface area contributed by atoms with Crippen molar-refractivity contribution in [2.75, 3.05) is 20.3 Å². The van der Waals surface area contributed by atoms with E-state index >= 15 is 0 Å². The van der Waals surface area contributed by atoms with Crippen LogP contribution >= 0.6 is 11.3 Å². The quantitative estimate of drug-likeness (QED) is 0.388. The molecule has 8 heteroatoms. The van der Waals surface area contributed by atoms with E-state index in [0.29, 0.717) is 29.2 Å². The molecule has 2 aromatic carbocycles. The van der Waals surface area contributed by atoms with Crippen LogP contribution in [0.1, 0.15) is 9.67 Å². The number of methoxy groups -OCH3 is 1. The van der Waals surface area contributed by atoms with Crippen molar-refractivity contribution in [3.8, 4) is 11.5 Å². The molecule has 1 aromatic heterocycles. The highest BCUT2D eigenvalue weighted by Gasteiger charge is 2.13. The second kappa shape index (κ2) is 7.83. The molecule has 26 heavy (non-hydrogen) atoms. The summed E-state index contributed by atoms with van der Waals surface area (Å²) < 4.78 is 11.5. The molecule has 0 fully saturated rings. The summed E-state index contributed by atoms with van der Waals surface area (Å²) in [6, 6.07) is 13.4. The summed E-state index contributed by atoms with van der Waals surface area (Å²) in [6.45, 7) is 0.674. The van der Waals surface area contributed by atoms with Gasteiger partial charge in [0.15, 0.2) is 0 Å². The van der Waals surface area contributed by atoms with E-state index in [-0.39, 0.29) is 11.6 Å². The van der Waals surface area contributed by atoms with Crippen molar-refractivity contribution >= 4 is 33.0 Å². The van der Waals surface area contributed by atoms with Crippen molar-refractivity contribution in [1.29, 1.82) is 0 Å². The molecule has 1 amide bonds. The molecule has 0 aliphatic heterocycles. The predicted molar refractivity (Wildman–Crippen MR) is 99.3 cm³/mol. The minimum atomic E-state index is -0.451. The van der Waals surface area contributed by atoms with Gasteiger partial charge in [0.2, 0.25) is 0 Å². The number of rotatable bonds is 7. The van der Waals surface area contributed by atoms with Crippen molar-refractivity contribution in [1.82, 2.24) is 5.32 Å². The molecule has 0 aliphatic carbocycles. The fourth-order valence-corrected chi connectivity index (χ4v) is 3.31. The van der Waals surface area contributed by atoms with Gasteiger partial charge in [-0.3, -0.25) is 14.9 Å². The summed E-state index contributed by atoms with van der Waals surface area (Å²) in [5.74, 6) is 1.21. The lowest BCUT2D eigenvalue weighted by molar-refractivity contribution is -0.384. The number of nitro benzene ring substituents is 1. The Labute approximate surface area is 153 Å². The number of nitro groups is 1. The normalized spacial score (nSPS) is 10.5. The fraction of sp³-hybridized carbons (Fsp3) is 0.167. The van der Waals surface area contributed by atoms with Gasteiger partial charge in [0.05, 0.1) is 23.5 Å². The average molecular weight is 372 g/mol. The topological polar surface area (TPSA) is 90.7 Å². The summed E-state index contributed by atoms with van der Waals surface area (Å²) in [5.41, 5.74) is 0.00940. The summed E-state index contributed by atoms with van der Waals surface area (Å²) in [6.07, 6.45) is 0. The zero-order chi connectivity index (χ0) is 18.5. The second-order valence-electron chi connectivity index (χ2n) is 5.37. The monoisotopic (exact) mass is 372 g/mol. The van der Waals surface area contributed by atoms with Gasteiger partial charge in [0.25, 0.3) is 11.6 Å². The van der Waals surface area contributed by atoms with E-state index in [4.69, 9.17) is 9.47 Å². The zero-order valence-electron chi connectivity index (χ0n) is 13.9. The van der Waals surface area contributed by atoms with Crippen LogP contribution in [-0.2, 0) is 0 Å². The lowest BCUT2D eigenvalue weighted by Gasteiger charge is -2.07. The number of hydrogen-bond acceptors (Lipinski definition) is 6. The Morgan fingerprint density at radius 3 is 2.58 bits per heavy atom. The molecule has 134 valence electrons. The summed E-state index contributed by atoms with van der Waals surface area (Å²) in [5, 5.41) is 14.3. The van der Waals surface area contributed by atoms with Crippen LogP contribution in [0.25, 0.3) is 10.1 Å². The Hall–Kier alpha value is -3.13. The van der Waals surface area contributed by atoms with Crippen LogP contribution in [0, 0.1) is 10.1 Å². The summed E-state index contributed by atoms with van der Waals surface area (Å²) >= 11 is 1.29. The molecule has 0 aliphatic rings. The number of benzene rings is 2. The Morgan fingerprint density at radius 2 is 1.88 bits per heavy atom. The van der Waals surface area contributed by atoms with E-state index in [1.165, 1.54) is 23.5 Å². The largest absolute Gasteiger partial charge is 0.497 e. The number of fused-ring (bicyclic) bond motifs is 1. The third-order valence-electron chi connectivity index (χ3n) is 3.65. The number of thiophene rings is 1. The SMILES string of the molecule is COc1ccc(OCCNC(=O)c2cc3cc([N+](=O)[O-])ccc3s2)cc1. The molecular weight excluding hydrogens is 356 g/mol. The van der Waals surface area contributed by atoms with Gasteiger partial charge in [-0.2, -0.15) is 0 Å². The highest BCUT2D eigenvalue weighted by molar-refractivity contribution is 7.20. The lowest BCUT2D eigenvalue weighted by Crippen LogP contribution is -2.27. The van der Waals surface area contributed by atoms with Crippen molar-refractivity contribution in [3.63, 3.8) is 0 Å². The molecule has 0 spiro atoms. The van der Waals surface area contributed by atoms with Gasteiger partial charge in [0, 0.05) is 22.2 Å². The van der Waals surface area contributed by atoms with Crippen molar-refractivity contribution in [2.45, 2.75) is 0 Å². The Balaban J connectivity index is 1.54. The van der Waals surface area contributed by atoms with E-state index in [1.54, 1.807) is 43.5 Å². The van der Waals surface area contributed by atoms with Crippen LogP contribution in [0.4, 0.5) is 5.69 Å². The molecule has 3 rings (SSSR count). The molecule has 0 bridgehead atoms. The third-order valence-corrected chi connectivity index (χ3v) is 4.77. The van der Waals surface area contributed by atoms with Gasteiger partial charge >= 0.3 is 0 Å². The van der Waals surface area contributed by atoms with Crippen LogP contribution in [-0.4, -0.2) is 31.1 Å². The van der Waals surface area contributed by atoms with E-state index in [1.807, 2.05) is 0 Å². The molecule has 1 N–H and O–H groups in total. The van der Waals surface area contributed by atoms with E-state index in [9.17, 15) is 14.9 Å². The minimum absolute atomic E-state index is 0.00940. The molecule has 0 atom stereocenters. The number of non-ortho nitro benzene ring substituents is 1. The smallest absolute Gasteiger partial charge is 0.270 e. The maximum Gasteiger partial charge on any atom is 0.270 e. The molecule has 3 aromatic rings. The minimum Gasteiger partial charge on any atom is -0.497 e. The number of nitrogens with zero attached hydrogens (tertiary/aromatic N) is 1. The maximum absolute atomic E-state index is 12.2. The van der Waals surface area contributed by atoms with E-state index < -0.39 is 4.92 Å². The standard InChI is InChI=1S/C18H16N2O5S/c1-24-14-3-5-15(6-4-14)25-9-8-19-18(21)17-11-12-10-13(20(22)23)2-7-16(12)26-17/h2-7,10-11H,8-9H2,1H3,(H,19,21). The van der Waals surface area contributed by atoms with Crippen LogP contribution in [0.5, 0.6) is 11.5 Å². The first-order chi connectivity index (χ1) is 12.6. The first-order valence-electron chi connectivity index (χ1n) is 7.80. The maximum atomic E-state index is 12.2. The highest BCUT2D eigenvalue weighted by Crippen LogP contribution is 2.28. The van der Waals surface area contributed by atoms with Crippen molar-refractivity contribution in [2.24, 2.45) is 0 Å². The molecular formula is C18H16N2O5S. The third kappa shape index (κ3) is 4.09. The molecule has 1 heterocycles. The van der Waals surface area contributed by atoms with Gasteiger partial charge in [0.1, 0.15) is 18.1 Å². The van der Waals surface area contributed by atoms with Gasteiger partial charge in [-0.05, 0) is 36.4 Å². The Kier molecular flexibility index (Phi) is 5.33. The number of hydrogen-bond donors (Lipinski definition) is 1. The van der Waals surface area contributed by atoms with Gasteiger partial charge in [-0.15, -0.1) is 11.3 Å². The summed E-state index contributed by atoms with van der Waals surface area (Å²) in [7, 11) is 1.59. The Morgan fingerprint density at radius 1 is 1.15 bits per heavy atom. The summed E-state index contributed by atoms with van der Waals surface area (Å²) in [4.78, 5) is 23.1. The molecule has 0 radical (unpaired) electrons. The van der Waals surface area contributed by atoms with Crippen molar-refractivity contribution in [3.05, 3.63) is 63.5 Å². The molecule has 0 saturated heterocycles. The van der Waals surface area contributed by atoms with Crippen molar-refractivity contribution < 1.29 is 19.2 Å². The van der Waals surface area contributed by atoms with Crippen LogP contribution in [0.2, 0.25) is 0 Å². The number of nitrogens with one attached hydrogen (secondary N) is 1. The lowest BCUT2D eigenvalue weighted by atomic mass is 10.2. The first-order valence-corrected chi connectivity index (χ1v) is 8.61. The fourth-order valence-electron chi connectivity index (χ4n) is 2.35. The molecule has 0 saturated carbocycles. The van der Waals surface area contributed by atoms with Crippen LogP contribution < -0.4 is 14.8 Å². The first kappa shape index (κ1) is 17.7. The molecule has 7 nitrogen and oxygen atoms in total. The van der Waals surface area contributed by atoms with E-state index in [0.717, 1.165) is 10.4 Å². The van der Waals surface area contributed by atoms with Crippen LogP contribution in [0.15, 0.2) is 48.5 Å².